The zero-order valence-electron chi connectivity index (χ0n) is 10.1. The fraction of sp³-hybridized carbons (Fsp3) is 0.538. The number of aromatic hydroxyl groups is 1. The van der Waals surface area contributed by atoms with Crippen molar-refractivity contribution >= 4 is 0 Å². The standard InChI is InChI=1S/C13H19NO2/c1-9-7-10(8-11(15)12(9)16-3)13(2)5-4-6-14-13/h7-8,14-15H,4-6H2,1-3H3. The summed E-state index contributed by atoms with van der Waals surface area (Å²) in [5.74, 6) is 0.803. The highest BCUT2D eigenvalue weighted by atomic mass is 16.5. The minimum atomic E-state index is -0.00545. The van der Waals surface area contributed by atoms with Gasteiger partial charge in [-0.15, -0.1) is 0 Å². The number of phenolic OH excluding ortho intramolecular Hbond substituents is 1. The second kappa shape index (κ2) is 3.98. The molecule has 3 heteroatoms. The van der Waals surface area contributed by atoms with Gasteiger partial charge in [0, 0.05) is 5.54 Å². The van der Waals surface area contributed by atoms with Gasteiger partial charge in [-0.3, -0.25) is 0 Å². The second-order valence-electron chi connectivity index (χ2n) is 4.71. The Kier molecular flexibility index (Phi) is 2.80. The van der Waals surface area contributed by atoms with Crippen LogP contribution in [0.4, 0.5) is 0 Å². The zero-order valence-corrected chi connectivity index (χ0v) is 10.1. The van der Waals surface area contributed by atoms with Crippen molar-refractivity contribution in [3.05, 3.63) is 23.3 Å². The van der Waals surface area contributed by atoms with Crippen LogP contribution in [0.1, 0.15) is 30.9 Å². The van der Waals surface area contributed by atoms with Gasteiger partial charge < -0.3 is 15.2 Å². The molecule has 0 radical (unpaired) electrons. The highest BCUT2D eigenvalue weighted by molar-refractivity contribution is 5.49. The lowest BCUT2D eigenvalue weighted by molar-refractivity contribution is 0.366. The first-order valence-electron chi connectivity index (χ1n) is 5.70. The van der Waals surface area contributed by atoms with Gasteiger partial charge in [-0.05, 0) is 50.4 Å². The van der Waals surface area contributed by atoms with E-state index in [4.69, 9.17) is 4.74 Å². The SMILES string of the molecule is COc1c(C)cc(C2(C)CCCN2)cc1O. The normalized spacial score (nSPS) is 24.7. The van der Waals surface area contributed by atoms with Crippen LogP contribution >= 0.6 is 0 Å². The summed E-state index contributed by atoms with van der Waals surface area (Å²) in [5.41, 5.74) is 2.11. The molecule has 3 nitrogen and oxygen atoms in total. The number of methoxy groups -OCH3 is 1. The molecule has 16 heavy (non-hydrogen) atoms. The fourth-order valence-corrected chi connectivity index (χ4v) is 2.48. The molecule has 1 aliphatic rings. The molecule has 2 rings (SSSR count). The highest BCUT2D eigenvalue weighted by Gasteiger charge is 2.31. The van der Waals surface area contributed by atoms with Crippen LogP contribution in [0.3, 0.4) is 0 Å². The van der Waals surface area contributed by atoms with Crippen LogP contribution in [-0.2, 0) is 5.54 Å². The lowest BCUT2D eigenvalue weighted by Gasteiger charge is -2.26. The maximum atomic E-state index is 9.89. The number of nitrogens with one attached hydrogen (secondary N) is 1. The van der Waals surface area contributed by atoms with Crippen LogP contribution in [0.2, 0.25) is 0 Å². The number of hydrogen-bond acceptors (Lipinski definition) is 3. The molecule has 1 fully saturated rings. The van der Waals surface area contributed by atoms with E-state index in [-0.39, 0.29) is 11.3 Å². The topological polar surface area (TPSA) is 41.5 Å². The average molecular weight is 221 g/mol. The third-order valence-corrected chi connectivity index (χ3v) is 3.47. The van der Waals surface area contributed by atoms with Gasteiger partial charge in [0.05, 0.1) is 7.11 Å². The third kappa shape index (κ3) is 1.76. The first-order valence-corrected chi connectivity index (χ1v) is 5.70. The molecule has 0 aromatic heterocycles. The summed E-state index contributed by atoms with van der Waals surface area (Å²) >= 11 is 0. The molecular weight excluding hydrogens is 202 g/mol. The van der Waals surface area contributed by atoms with E-state index in [1.165, 1.54) is 6.42 Å². The van der Waals surface area contributed by atoms with Crippen molar-refractivity contribution in [2.75, 3.05) is 13.7 Å². The molecule has 1 atom stereocenters. The maximum Gasteiger partial charge on any atom is 0.163 e. The minimum absolute atomic E-state index is 0.00545. The minimum Gasteiger partial charge on any atom is -0.504 e. The summed E-state index contributed by atoms with van der Waals surface area (Å²) in [4.78, 5) is 0. The van der Waals surface area contributed by atoms with Crippen molar-refractivity contribution in [3.63, 3.8) is 0 Å². The number of hydrogen-bond donors (Lipinski definition) is 2. The van der Waals surface area contributed by atoms with Crippen LogP contribution in [-0.4, -0.2) is 18.8 Å². The van der Waals surface area contributed by atoms with E-state index < -0.39 is 0 Å². The quantitative estimate of drug-likeness (QED) is 0.805. The van der Waals surface area contributed by atoms with Crippen LogP contribution in [0, 0.1) is 6.92 Å². The van der Waals surface area contributed by atoms with Crippen molar-refractivity contribution in [3.8, 4) is 11.5 Å². The van der Waals surface area contributed by atoms with Gasteiger partial charge in [0.25, 0.3) is 0 Å². The Morgan fingerprint density at radius 1 is 1.44 bits per heavy atom. The lowest BCUT2D eigenvalue weighted by atomic mass is 9.89. The Hall–Kier alpha value is -1.22. The van der Waals surface area contributed by atoms with E-state index in [2.05, 4.69) is 18.3 Å². The van der Waals surface area contributed by atoms with E-state index in [9.17, 15) is 5.11 Å². The van der Waals surface area contributed by atoms with Gasteiger partial charge in [0.1, 0.15) is 0 Å². The average Bonchev–Trinajstić information content (AvgIpc) is 2.66. The number of aryl methyl sites for hydroxylation is 1. The summed E-state index contributed by atoms with van der Waals surface area (Å²) in [6, 6.07) is 3.90. The van der Waals surface area contributed by atoms with Crippen LogP contribution in [0.25, 0.3) is 0 Å². The van der Waals surface area contributed by atoms with E-state index >= 15 is 0 Å². The number of phenols is 1. The maximum absolute atomic E-state index is 9.89. The molecule has 1 saturated heterocycles. The Bertz CT molecular complexity index is 372. The monoisotopic (exact) mass is 221 g/mol. The number of rotatable bonds is 2. The molecule has 1 aromatic carbocycles. The van der Waals surface area contributed by atoms with Crippen LogP contribution in [0.15, 0.2) is 12.1 Å². The Morgan fingerprint density at radius 2 is 2.19 bits per heavy atom. The molecule has 1 heterocycles. The van der Waals surface area contributed by atoms with E-state index in [1.807, 2.05) is 13.0 Å². The van der Waals surface area contributed by atoms with Gasteiger partial charge in [-0.2, -0.15) is 0 Å². The molecule has 88 valence electrons. The predicted molar refractivity (Wildman–Crippen MR) is 64.0 cm³/mol. The van der Waals surface area contributed by atoms with Gasteiger partial charge in [-0.25, -0.2) is 0 Å². The van der Waals surface area contributed by atoms with Crippen LogP contribution in [0.5, 0.6) is 11.5 Å². The predicted octanol–water partition coefficient (Wildman–Crippen LogP) is 2.31. The van der Waals surface area contributed by atoms with Gasteiger partial charge in [0.2, 0.25) is 0 Å². The summed E-state index contributed by atoms with van der Waals surface area (Å²) in [7, 11) is 1.58. The van der Waals surface area contributed by atoms with Crippen molar-refractivity contribution in [2.45, 2.75) is 32.2 Å². The molecule has 0 bridgehead atoms. The molecule has 0 amide bonds. The van der Waals surface area contributed by atoms with Crippen molar-refractivity contribution < 1.29 is 9.84 Å². The molecule has 1 aromatic rings. The van der Waals surface area contributed by atoms with Gasteiger partial charge in [-0.1, -0.05) is 6.07 Å². The summed E-state index contributed by atoms with van der Waals surface area (Å²) in [6.45, 7) is 5.18. The molecular formula is C13H19NO2. The van der Waals surface area contributed by atoms with Gasteiger partial charge >= 0.3 is 0 Å². The number of benzene rings is 1. The molecule has 1 unspecified atom stereocenters. The van der Waals surface area contributed by atoms with E-state index in [0.717, 1.165) is 24.1 Å². The summed E-state index contributed by atoms with van der Waals surface area (Å²) in [5, 5.41) is 13.4. The zero-order chi connectivity index (χ0) is 11.8. The Labute approximate surface area is 96.4 Å². The summed E-state index contributed by atoms with van der Waals surface area (Å²) < 4.78 is 5.16. The fourth-order valence-electron chi connectivity index (χ4n) is 2.48. The third-order valence-electron chi connectivity index (χ3n) is 3.47. The number of ether oxygens (including phenoxy) is 1. The van der Waals surface area contributed by atoms with Crippen molar-refractivity contribution in [1.29, 1.82) is 0 Å². The molecule has 1 aliphatic heterocycles. The van der Waals surface area contributed by atoms with Crippen molar-refractivity contribution in [1.82, 2.24) is 5.32 Å². The van der Waals surface area contributed by atoms with Gasteiger partial charge in [0.15, 0.2) is 11.5 Å². The van der Waals surface area contributed by atoms with E-state index in [1.54, 1.807) is 7.11 Å². The summed E-state index contributed by atoms with van der Waals surface area (Å²) in [6.07, 6.45) is 2.29. The Balaban J connectivity index is 2.43. The lowest BCUT2D eigenvalue weighted by Crippen LogP contribution is -2.33. The second-order valence-corrected chi connectivity index (χ2v) is 4.71. The molecule has 2 N–H and O–H groups in total. The molecule has 0 aliphatic carbocycles. The Morgan fingerprint density at radius 3 is 2.69 bits per heavy atom. The van der Waals surface area contributed by atoms with Crippen LogP contribution < -0.4 is 10.1 Å². The largest absolute Gasteiger partial charge is 0.504 e. The van der Waals surface area contributed by atoms with E-state index in [0.29, 0.717) is 5.75 Å². The van der Waals surface area contributed by atoms with Crippen molar-refractivity contribution in [2.24, 2.45) is 0 Å². The smallest absolute Gasteiger partial charge is 0.163 e. The first-order chi connectivity index (χ1) is 7.57. The highest BCUT2D eigenvalue weighted by Crippen LogP contribution is 2.37. The molecule has 0 spiro atoms. The first kappa shape index (κ1) is 11.3. The molecule has 0 saturated carbocycles.